The molecule has 0 fully saturated rings. The van der Waals surface area contributed by atoms with Gasteiger partial charge in [-0.15, -0.1) is 0 Å². The number of methoxy groups -OCH3 is 1. The third-order valence-electron chi connectivity index (χ3n) is 6.82. The molecule has 3 aromatic rings. The molecule has 4 rings (SSSR count). The lowest BCUT2D eigenvalue weighted by Crippen LogP contribution is -2.49. The summed E-state index contributed by atoms with van der Waals surface area (Å²) in [6.07, 6.45) is 4.21. The zero-order chi connectivity index (χ0) is 25.2. The Kier molecular flexibility index (Phi) is 9.42. The standard InChI is InChI=1S/C31H38N2O3/c1-4-32(5-2)27(23-35-21-11-14-25-12-7-6-8-13-25)22-33-29-15-9-10-16-31(29)36-24-30(33)26-17-19-28(34-3)20-18-26/h6-20,27,30H,4-5,21-24H2,1-3H3. The lowest BCUT2D eigenvalue weighted by atomic mass is 10.0. The molecule has 0 bridgehead atoms. The predicted molar refractivity (Wildman–Crippen MR) is 148 cm³/mol. The van der Waals surface area contributed by atoms with Gasteiger partial charge in [0.25, 0.3) is 0 Å². The number of ether oxygens (including phenoxy) is 3. The third-order valence-corrected chi connectivity index (χ3v) is 6.82. The molecule has 0 saturated heterocycles. The number of nitrogens with zero attached hydrogens (tertiary/aromatic N) is 2. The van der Waals surface area contributed by atoms with Gasteiger partial charge in [-0.05, 0) is 48.5 Å². The van der Waals surface area contributed by atoms with Crippen molar-refractivity contribution in [2.45, 2.75) is 25.9 Å². The van der Waals surface area contributed by atoms with Gasteiger partial charge in [-0.25, -0.2) is 0 Å². The van der Waals surface area contributed by atoms with E-state index in [0.717, 1.165) is 36.8 Å². The molecule has 5 heteroatoms. The molecule has 1 heterocycles. The number of benzene rings is 3. The summed E-state index contributed by atoms with van der Waals surface area (Å²) in [5.74, 6) is 1.80. The van der Waals surface area contributed by atoms with Gasteiger partial charge in [0.15, 0.2) is 0 Å². The fraction of sp³-hybridized carbons (Fsp3) is 0.355. The molecule has 0 aromatic heterocycles. The maximum atomic E-state index is 6.20. The molecule has 0 radical (unpaired) electrons. The minimum absolute atomic E-state index is 0.113. The molecule has 0 saturated carbocycles. The minimum atomic E-state index is 0.113. The summed E-state index contributed by atoms with van der Waals surface area (Å²) in [6.45, 7) is 9.10. The van der Waals surface area contributed by atoms with Crippen molar-refractivity contribution in [1.29, 1.82) is 0 Å². The second-order valence-corrected chi connectivity index (χ2v) is 8.95. The van der Waals surface area contributed by atoms with Crippen molar-refractivity contribution < 1.29 is 14.2 Å². The third kappa shape index (κ3) is 6.48. The Bertz CT molecular complexity index is 1080. The molecule has 5 nitrogen and oxygen atoms in total. The first kappa shape index (κ1) is 25.8. The lowest BCUT2D eigenvalue weighted by Gasteiger charge is -2.42. The first-order valence-electron chi connectivity index (χ1n) is 12.9. The summed E-state index contributed by atoms with van der Waals surface area (Å²) in [5, 5.41) is 0. The lowest BCUT2D eigenvalue weighted by molar-refractivity contribution is 0.0788. The van der Waals surface area contributed by atoms with E-state index in [1.807, 2.05) is 24.3 Å². The smallest absolute Gasteiger partial charge is 0.142 e. The second-order valence-electron chi connectivity index (χ2n) is 8.95. The first-order chi connectivity index (χ1) is 17.7. The van der Waals surface area contributed by atoms with Crippen LogP contribution in [0.4, 0.5) is 5.69 Å². The topological polar surface area (TPSA) is 34.2 Å². The van der Waals surface area contributed by atoms with Crippen molar-refractivity contribution in [1.82, 2.24) is 4.90 Å². The van der Waals surface area contributed by atoms with E-state index in [-0.39, 0.29) is 12.1 Å². The van der Waals surface area contributed by atoms with Gasteiger partial charge in [-0.3, -0.25) is 4.90 Å². The van der Waals surface area contributed by atoms with Gasteiger partial charge in [-0.2, -0.15) is 0 Å². The minimum Gasteiger partial charge on any atom is -0.497 e. The van der Waals surface area contributed by atoms with E-state index < -0.39 is 0 Å². The van der Waals surface area contributed by atoms with Crippen LogP contribution in [0.5, 0.6) is 11.5 Å². The number of hydrogen-bond donors (Lipinski definition) is 0. The highest BCUT2D eigenvalue weighted by molar-refractivity contribution is 5.61. The van der Waals surface area contributed by atoms with Crippen LogP contribution < -0.4 is 14.4 Å². The summed E-state index contributed by atoms with van der Waals surface area (Å²) < 4.78 is 17.8. The Morgan fingerprint density at radius 3 is 2.42 bits per heavy atom. The van der Waals surface area contributed by atoms with E-state index in [0.29, 0.717) is 19.8 Å². The van der Waals surface area contributed by atoms with Crippen LogP contribution in [0.15, 0.2) is 84.9 Å². The zero-order valence-electron chi connectivity index (χ0n) is 21.7. The van der Waals surface area contributed by atoms with Gasteiger partial charge in [0.1, 0.15) is 18.1 Å². The monoisotopic (exact) mass is 486 g/mol. The van der Waals surface area contributed by atoms with Gasteiger partial charge < -0.3 is 19.1 Å². The molecule has 0 spiro atoms. The molecule has 0 N–H and O–H groups in total. The quantitative estimate of drug-likeness (QED) is 0.290. The van der Waals surface area contributed by atoms with Gasteiger partial charge in [0.2, 0.25) is 0 Å². The Morgan fingerprint density at radius 2 is 1.69 bits per heavy atom. The summed E-state index contributed by atoms with van der Waals surface area (Å²) in [5.41, 5.74) is 3.54. The molecule has 0 amide bonds. The van der Waals surface area contributed by atoms with Crippen molar-refractivity contribution in [3.63, 3.8) is 0 Å². The van der Waals surface area contributed by atoms with Gasteiger partial charge in [0.05, 0.1) is 38.1 Å². The largest absolute Gasteiger partial charge is 0.497 e. The molecule has 1 aliphatic rings. The highest BCUT2D eigenvalue weighted by Crippen LogP contribution is 2.39. The van der Waals surface area contributed by atoms with E-state index >= 15 is 0 Å². The van der Waals surface area contributed by atoms with Crippen molar-refractivity contribution in [3.8, 4) is 11.5 Å². The van der Waals surface area contributed by atoms with Crippen LogP contribution in [-0.2, 0) is 4.74 Å². The summed E-state index contributed by atoms with van der Waals surface area (Å²) in [7, 11) is 1.70. The number of anilines is 1. The van der Waals surface area contributed by atoms with E-state index in [1.54, 1.807) is 7.11 Å². The summed E-state index contributed by atoms with van der Waals surface area (Å²) >= 11 is 0. The molecule has 36 heavy (non-hydrogen) atoms. The van der Waals surface area contributed by atoms with Crippen molar-refractivity contribution in [2.75, 3.05) is 51.5 Å². The Hall–Kier alpha value is -3.28. The second kappa shape index (κ2) is 13.1. The highest BCUT2D eigenvalue weighted by atomic mass is 16.5. The summed E-state index contributed by atoms with van der Waals surface area (Å²) in [4.78, 5) is 4.98. The fourth-order valence-electron chi connectivity index (χ4n) is 4.83. The molecule has 1 aliphatic heterocycles. The number of likely N-dealkylation sites (N-methyl/N-ethyl adjacent to an activating group) is 1. The molecule has 2 atom stereocenters. The normalized spacial score (nSPS) is 16.1. The van der Waals surface area contributed by atoms with Gasteiger partial charge >= 0.3 is 0 Å². The fourth-order valence-corrected chi connectivity index (χ4v) is 4.83. The van der Waals surface area contributed by atoms with Crippen LogP contribution in [0.2, 0.25) is 0 Å². The molecule has 190 valence electrons. The molecular formula is C31H38N2O3. The average Bonchev–Trinajstić information content (AvgIpc) is 2.94. The van der Waals surface area contributed by atoms with Crippen molar-refractivity contribution in [3.05, 3.63) is 96.1 Å². The maximum absolute atomic E-state index is 6.20. The van der Waals surface area contributed by atoms with Crippen LogP contribution in [0.3, 0.4) is 0 Å². The van der Waals surface area contributed by atoms with Crippen LogP contribution >= 0.6 is 0 Å². The first-order valence-corrected chi connectivity index (χ1v) is 12.9. The van der Waals surface area contributed by atoms with Crippen LogP contribution in [0, 0.1) is 0 Å². The van der Waals surface area contributed by atoms with Crippen LogP contribution in [-0.4, -0.2) is 57.5 Å². The zero-order valence-corrected chi connectivity index (χ0v) is 21.7. The van der Waals surface area contributed by atoms with Crippen molar-refractivity contribution >= 4 is 11.8 Å². The van der Waals surface area contributed by atoms with Crippen molar-refractivity contribution in [2.24, 2.45) is 0 Å². The Morgan fingerprint density at radius 1 is 0.972 bits per heavy atom. The SMILES string of the molecule is CCN(CC)C(COCC=Cc1ccccc1)CN1c2ccccc2OCC1c1ccc(OC)cc1. The maximum Gasteiger partial charge on any atom is 0.142 e. The summed E-state index contributed by atoms with van der Waals surface area (Å²) in [6, 6.07) is 27.4. The number of rotatable bonds is 12. The molecule has 3 aromatic carbocycles. The number of hydrogen-bond acceptors (Lipinski definition) is 5. The Balaban J connectivity index is 1.52. The molecule has 0 aliphatic carbocycles. The van der Waals surface area contributed by atoms with E-state index in [4.69, 9.17) is 14.2 Å². The van der Waals surface area contributed by atoms with Gasteiger partial charge in [0, 0.05) is 6.54 Å². The highest BCUT2D eigenvalue weighted by Gasteiger charge is 2.32. The van der Waals surface area contributed by atoms with Crippen LogP contribution in [0.1, 0.15) is 31.0 Å². The number of para-hydroxylation sites is 2. The van der Waals surface area contributed by atoms with E-state index in [9.17, 15) is 0 Å². The van der Waals surface area contributed by atoms with E-state index in [1.165, 1.54) is 11.1 Å². The molecule has 2 unspecified atom stereocenters. The predicted octanol–water partition coefficient (Wildman–Crippen LogP) is 6.08. The average molecular weight is 487 g/mol. The molecular weight excluding hydrogens is 448 g/mol. The van der Waals surface area contributed by atoms with Crippen LogP contribution in [0.25, 0.3) is 6.08 Å². The van der Waals surface area contributed by atoms with E-state index in [2.05, 4.69) is 90.4 Å². The van der Waals surface area contributed by atoms with Gasteiger partial charge in [-0.1, -0.05) is 80.6 Å². The number of fused-ring (bicyclic) bond motifs is 1. The Labute approximate surface area is 215 Å².